The van der Waals surface area contributed by atoms with Crippen LogP contribution < -0.4 is 10.3 Å². The average Bonchev–Trinajstić information content (AvgIpc) is 3.29. The number of rotatable bonds is 6. The maximum atomic E-state index is 13.2. The molecule has 0 fully saturated rings. The quantitative estimate of drug-likeness (QED) is 0.411. The van der Waals surface area contributed by atoms with E-state index >= 15 is 0 Å². The minimum Gasteiger partial charge on any atom is -0.481 e. The van der Waals surface area contributed by atoms with Crippen LogP contribution in [0, 0.1) is 5.82 Å². The van der Waals surface area contributed by atoms with E-state index < -0.39 is 11.9 Å². The van der Waals surface area contributed by atoms with Crippen molar-refractivity contribution in [3.8, 4) is 5.75 Å². The molecule has 7 nitrogen and oxygen atoms in total. The maximum Gasteiger partial charge on any atom is 0.258 e. The molecule has 1 unspecified atom stereocenters. The Morgan fingerprint density at radius 1 is 1.34 bits per heavy atom. The topological polar surface area (TPSA) is 74.3 Å². The minimum absolute atomic E-state index is 0.108. The van der Waals surface area contributed by atoms with Crippen LogP contribution in [0.5, 0.6) is 5.75 Å². The fourth-order valence-corrected chi connectivity index (χ4v) is 4.48. The van der Waals surface area contributed by atoms with Crippen molar-refractivity contribution in [3.63, 3.8) is 0 Å². The largest absolute Gasteiger partial charge is 0.481 e. The summed E-state index contributed by atoms with van der Waals surface area (Å²) in [5.41, 5.74) is 0.568. The summed E-state index contributed by atoms with van der Waals surface area (Å²) in [4.78, 5) is 17.2. The van der Waals surface area contributed by atoms with E-state index in [0.29, 0.717) is 33.1 Å². The first-order chi connectivity index (χ1) is 13.9. The fraction of sp³-hybridized carbons (Fsp3) is 0.222. The first-order valence-electron chi connectivity index (χ1n) is 8.52. The van der Waals surface area contributed by atoms with Gasteiger partial charge in [-0.3, -0.25) is 9.20 Å². The highest BCUT2D eigenvalue weighted by atomic mass is 35.5. The predicted octanol–water partition coefficient (Wildman–Crippen LogP) is 4.11. The molecule has 0 saturated carbocycles. The molecule has 0 aliphatic carbocycles. The van der Waals surface area contributed by atoms with Gasteiger partial charge in [-0.2, -0.15) is 0 Å². The van der Waals surface area contributed by atoms with Gasteiger partial charge >= 0.3 is 0 Å². The Bertz CT molecular complexity index is 1240. The highest BCUT2D eigenvalue weighted by molar-refractivity contribution is 7.98. The van der Waals surface area contributed by atoms with Gasteiger partial charge in [0.1, 0.15) is 11.6 Å². The van der Waals surface area contributed by atoms with Gasteiger partial charge in [0.05, 0.1) is 10.7 Å². The third-order valence-electron chi connectivity index (χ3n) is 4.14. The average molecular weight is 452 g/mol. The van der Waals surface area contributed by atoms with Crippen LogP contribution in [-0.2, 0) is 12.8 Å². The third-order valence-corrected chi connectivity index (χ3v) is 6.24. The van der Waals surface area contributed by atoms with Crippen LogP contribution in [0.15, 0.2) is 45.8 Å². The number of thiazole rings is 1. The van der Waals surface area contributed by atoms with Crippen molar-refractivity contribution in [2.45, 2.75) is 23.9 Å². The molecule has 150 valence electrons. The summed E-state index contributed by atoms with van der Waals surface area (Å²) in [6, 6.07) is 5.48. The molecule has 0 saturated heterocycles. The molecule has 3 heterocycles. The number of benzene rings is 1. The monoisotopic (exact) mass is 451 g/mol. The van der Waals surface area contributed by atoms with Gasteiger partial charge in [-0.15, -0.1) is 21.5 Å². The van der Waals surface area contributed by atoms with E-state index in [-0.39, 0.29) is 10.6 Å². The van der Waals surface area contributed by atoms with Crippen LogP contribution in [0.4, 0.5) is 4.39 Å². The van der Waals surface area contributed by atoms with Crippen molar-refractivity contribution in [1.29, 1.82) is 0 Å². The Labute approximate surface area is 178 Å². The molecular weight excluding hydrogens is 437 g/mol. The molecule has 0 aliphatic rings. The number of aromatic nitrogens is 5. The molecule has 0 bridgehead atoms. The van der Waals surface area contributed by atoms with Crippen molar-refractivity contribution in [2.24, 2.45) is 7.05 Å². The molecule has 1 atom stereocenters. The Hall–Kier alpha value is -2.43. The lowest BCUT2D eigenvalue weighted by atomic mass is 10.3. The van der Waals surface area contributed by atoms with E-state index in [1.54, 1.807) is 6.20 Å². The molecule has 3 aromatic heterocycles. The number of ether oxygens (including phenoxy) is 1. The lowest BCUT2D eigenvalue weighted by Gasteiger charge is -2.15. The zero-order valence-electron chi connectivity index (χ0n) is 15.4. The number of thioether (sulfide) groups is 1. The Morgan fingerprint density at radius 2 is 2.17 bits per heavy atom. The van der Waals surface area contributed by atoms with Crippen molar-refractivity contribution < 1.29 is 9.13 Å². The third kappa shape index (κ3) is 4.14. The molecule has 0 amide bonds. The van der Waals surface area contributed by atoms with Crippen molar-refractivity contribution >= 4 is 39.7 Å². The van der Waals surface area contributed by atoms with Crippen LogP contribution in [0.25, 0.3) is 4.96 Å². The maximum absolute atomic E-state index is 13.2. The Kier molecular flexibility index (Phi) is 5.57. The number of hydrogen-bond acceptors (Lipinski definition) is 7. The van der Waals surface area contributed by atoms with E-state index in [4.69, 9.17) is 16.3 Å². The Balaban J connectivity index is 1.48. The first-order valence-corrected chi connectivity index (χ1v) is 10.8. The number of nitrogens with zero attached hydrogens (tertiary/aromatic N) is 5. The van der Waals surface area contributed by atoms with Crippen LogP contribution in [0.1, 0.15) is 24.5 Å². The summed E-state index contributed by atoms with van der Waals surface area (Å²) < 4.78 is 22.3. The molecule has 1 aromatic carbocycles. The van der Waals surface area contributed by atoms with Crippen molar-refractivity contribution in [2.75, 3.05) is 0 Å². The second-order valence-electron chi connectivity index (χ2n) is 6.16. The molecule has 4 rings (SSSR count). The normalized spacial score (nSPS) is 12.4. The second-order valence-corrected chi connectivity index (χ2v) is 8.39. The molecule has 0 spiro atoms. The zero-order chi connectivity index (χ0) is 20.5. The summed E-state index contributed by atoms with van der Waals surface area (Å²) in [7, 11) is 1.83. The summed E-state index contributed by atoms with van der Waals surface area (Å²) in [6.07, 6.45) is 1.26. The summed E-state index contributed by atoms with van der Waals surface area (Å²) >= 11 is 8.86. The number of fused-ring (bicyclic) bond motifs is 1. The summed E-state index contributed by atoms with van der Waals surface area (Å²) in [5, 5.41) is 11.1. The molecule has 11 heteroatoms. The fourth-order valence-electron chi connectivity index (χ4n) is 2.72. The van der Waals surface area contributed by atoms with Crippen LogP contribution in [0.2, 0.25) is 5.02 Å². The lowest BCUT2D eigenvalue weighted by Crippen LogP contribution is -2.12. The molecule has 0 N–H and O–H groups in total. The van der Waals surface area contributed by atoms with E-state index in [1.807, 2.05) is 23.9 Å². The molecule has 4 aromatic rings. The van der Waals surface area contributed by atoms with Gasteiger partial charge in [0, 0.05) is 30.4 Å². The summed E-state index contributed by atoms with van der Waals surface area (Å²) in [5.74, 6) is 1.01. The minimum atomic E-state index is -0.449. The molecule has 0 aliphatic heterocycles. The van der Waals surface area contributed by atoms with Gasteiger partial charge in [-0.05, 0) is 25.1 Å². The van der Waals surface area contributed by atoms with Crippen molar-refractivity contribution in [1.82, 2.24) is 24.1 Å². The van der Waals surface area contributed by atoms with Gasteiger partial charge in [-0.1, -0.05) is 23.4 Å². The van der Waals surface area contributed by atoms with Gasteiger partial charge < -0.3 is 9.30 Å². The molecular formula is C18H15ClFN5O2S2. The van der Waals surface area contributed by atoms with E-state index in [1.165, 1.54) is 51.8 Å². The van der Waals surface area contributed by atoms with Gasteiger partial charge in [0.25, 0.3) is 5.56 Å². The van der Waals surface area contributed by atoms with Crippen LogP contribution >= 0.6 is 34.7 Å². The van der Waals surface area contributed by atoms with Crippen molar-refractivity contribution in [3.05, 3.63) is 68.6 Å². The zero-order valence-corrected chi connectivity index (χ0v) is 17.8. The number of halogens is 2. The SMILES string of the molecule is CC(Oc1ccc(F)cc1Cl)c1nnc(SCc2cc(=O)n3ccsc3n2)n1C. The first kappa shape index (κ1) is 19.9. The highest BCUT2D eigenvalue weighted by Crippen LogP contribution is 2.30. The highest BCUT2D eigenvalue weighted by Gasteiger charge is 2.19. The van der Waals surface area contributed by atoms with Gasteiger partial charge in [0.15, 0.2) is 22.0 Å². The second kappa shape index (κ2) is 8.13. The molecule has 0 radical (unpaired) electrons. The van der Waals surface area contributed by atoms with Gasteiger partial charge in [-0.25, -0.2) is 9.37 Å². The van der Waals surface area contributed by atoms with Crippen LogP contribution in [-0.4, -0.2) is 24.1 Å². The van der Waals surface area contributed by atoms with E-state index in [9.17, 15) is 9.18 Å². The standard InChI is InChI=1S/C18H15ClFN5O2S2/c1-10(27-14-4-3-11(20)7-13(14)19)16-22-23-18(24(16)2)29-9-12-8-15(26)25-5-6-28-17(25)21-12/h3-8,10H,9H2,1-2H3. The lowest BCUT2D eigenvalue weighted by molar-refractivity contribution is 0.211. The molecule has 29 heavy (non-hydrogen) atoms. The van der Waals surface area contributed by atoms with Gasteiger partial charge in [0.2, 0.25) is 0 Å². The summed E-state index contributed by atoms with van der Waals surface area (Å²) in [6.45, 7) is 1.81. The van der Waals surface area contributed by atoms with Crippen LogP contribution in [0.3, 0.4) is 0 Å². The smallest absolute Gasteiger partial charge is 0.258 e. The predicted molar refractivity (Wildman–Crippen MR) is 110 cm³/mol. The van der Waals surface area contributed by atoms with E-state index in [2.05, 4.69) is 15.2 Å². The number of hydrogen-bond donors (Lipinski definition) is 0. The Morgan fingerprint density at radius 3 is 2.97 bits per heavy atom. The van der Waals surface area contributed by atoms with E-state index in [0.717, 1.165) is 0 Å².